The van der Waals surface area contributed by atoms with E-state index in [9.17, 15) is 8.78 Å². The van der Waals surface area contributed by atoms with E-state index in [0.29, 0.717) is 10.9 Å². The van der Waals surface area contributed by atoms with Gasteiger partial charge in [-0.15, -0.1) is 0 Å². The lowest BCUT2D eigenvalue weighted by Gasteiger charge is -2.18. The van der Waals surface area contributed by atoms with Crippen LogP contribution in [0.4, 0.5) is 8.78 Å². The number of benzene rings is 3. The Morgan fingerprint density at radius 1 is 0.857 bits per heavy atom. The lowest BCUT2D eigenvalue weighted by atomic mass is 9.92. The minimum Gasteiger partial charge on any atom is -0.320 e. The Hall–Kier alpha value is -2.26. The van der Waals surface area contributed by atoms with Gasteiger partial charge in [-0.1, -0.05) is 36.4 Å². The highest BCUT2D eigenvalue weighted by Gasteiger charge is 2.16. The molecular formula is C18H15F2N. The van der Waals surface area contributed by atoms with Crippen LogP contribution >= 0.6 is 0 Å². The first-order valence-corrected chi connectivity index (χ1v) is 6.76. The summed E-state index contributed by atoms with van der Waals surface area (Å²) in [4.78, 5) is 0. The zero-order chi connectivity index (χ0) is 15.0. The van der Waals surface area contributed by atoms with Crippen molar-refractivity contribution in [3.05, 3.63) is 82.9 Å². The van der Waals surface area contributed by atoms with Crippen molar-refractivity contribution in [3.63, 3.8) is 0 Å². The zero-order valence-corrected chi connectivity index (χ0v) is 11.6. The molecule has 0 spiro atoms. The lowest BCUT2D eigenvalue weighted by Crippen LogP contribution is -2.14. The van der Waals surface area contributed by atoms with Crippen molar-refractivity contribution in [1.82, 2.24) is 0 Å². The molecule has 0 aliphatic heterocycles. The number of aryl methyl sites for hydroxylation is 1. The average Bonchev–Trinajstić information content (AvgIpc) is 2.50. The van der Waals surface area contributed by atoms with Crippen molar-refractivity contribution < 1.29 is 8.78 Å². The summed E-state index contributed by atoms with van der Waals surface area (Å²) in [6.07, 6.45) is 0. The summed E-state index contributed by atoms with van der Waals surface area (Å²) < 4.78 is 27.4. The normalized spacial score (nSPS) is 12.6. The maximum atomic E-state index is 13.9. The van der Waals surface area contributed by atoms with Gasteiger partial charge in [0.15, 0.2) is 0 Å². The molecule has 106 valence electrons. The van der Waals surface area contributed by atoms with E-state index in [0.717, 1.165) is 16.5 Å². The minimum atomic E-state index is -0.494. The zero-order valence-electron chi connectivity index (χ0n) is 11.6. The van der Waals surface area contributed by atoms with Gasteiger partial charge in [0, 0.05) is 5.39 Å². The van der Waals surface area contributed by atoms with Crippen molar-refractivity contribution in [2.75, 3.05) is 0 Å². The van der Waals surface area contributed by atoms with Crippen LogP contribution < -0.4 is 5.73 Å². The summed E-state index contributed by atoms with van der Waals surface area (Å²) in [7, 11) is 0. The first kappa shape index (κ1) is 13.7. The Bertz CT molecular complexity index is 811. The smallest absolute Gasteiger partial charge is 0.131 e. The summed E-state index contributed by atoms with van der Waals surface area (Å²) in [5.74, 6) is -0.602. The number of halogens is 2. The fourth-order valence-electron chi connectivity index (χ4n) is 2.67. The summed E-state index contributed by atoms with van der Waals surface area (Å²) in [5, 5.41) is 1.29. The van der Waals surface area contributed by atoms with Gasteiger partial charge in [-0.2, -0.15) is 0 Å². The first-order chi connectivity index (χ1) is 10.1. The average molecular weight is 283 g/mol. The van der Waals surface area contributed by atoms with Crippen molar-refractivity contribution in [3.8, 4) is 0 Å². The molecule has 21 heavy (non-hydrogen) atoms. The molecule has 0 saturated heterocycles. The third kappa shape index (κ3) is 2.41. The van der Waals surface area contributed by atoms with E-state index in [1.807, 2.05) is 19.1 Å². The van der Waals surface area contributed by atoms with E-state index >= 15 is 0 Å². The largest absolute Gasteiger partial charge is 0.320 e. The second-order valence-electron chi connectivity index (χ2n) is 5.16. The molecule has 0 fully saturated rings. The van der Waals surface area contributed by atoms with Gasteiger partial charge in [0.05, 0.1) is 6.04 Å². The standard InChI is InChI=1S/C18H15F2N/c1-11-6-7-12(19)10-16(11)18(21)15-8-9-17(20)14-5-3-2-4-13(14)15/h2-10,18H,21H2,1H3. The molecule has 1 unspecified atom stereocenters. The second kappa shape index (κ2) is 5.26. The van der Waals surface area contributed by atoms with Crippen molar-refractivity contribution >= 4 is 10.8 Å². The van der Waals surface area contributed by atoms with Crippen LogP contribution in [0.15, 0.2) is 54.6 Å². The van der Waals surface area contributed by atoms with Crippen LogP contribution in [0.25, 0.3) is 10.8 Å². The van der Waals surface area contributed by atoms with E-state index in [-0.39, 0.29) is 11.6 Å². The second-order valence-corrected chi connectivity index (χ2v) is 5.16. The number of hydrogen-bond acceptors (Lipinski definition) is 1. The van der Waals surface area contributed by atoms with Crippen molar-refractivity contribution in [2.45, 2.75) is 13.0 Å². The SMILES string of the molecule is Cc1ccc(F)cc1C(N)c1ccc(F)c2ccccc12. The van der Waals surface area contributed by atoms with Crippen LogP contribution in [-0.4, -0.2) is 0 Å². The van der Waals surface area contributed by atoms with E-state index < -0.39 is 6.04 Å². The molecule has 2 N–H and O–H groups in total. The van der Waals surface area contributed by atoms with E-state index in [2.05, 4.69) is 0 Å². The number of hydrogen-bond donors (Lipinski definition) is 1. The van der Waals surface area contributed by atoms with Crippen LogP contribution in [-0.2, 0) is 0 Å². The Balaban J connectivity index is 2.20. The number of nitrogens with two attached hydrogens (primary N) is 1. The Kier molecular flexibility index (Phi) is 3.43. The van der Waals surface area contributed by atoms with Crippen LogP contribution in [0.5, 0.6) is 0 Å². The number of fused-ring (bicyclic) bond motifs is 1. The molecule has 0 aliphatic carbocycles. The maximum absolute atomic E-state index is 13.9. The summed E-state index contributed by atoms with van der Waals surface area (Å²) >= 11 is 0. The van der Waals surface area contributed by atoms with Gasteiger partial charge in [-0.05, 0) is 47.2 Å². The highest BCUT2D eigenvalue weighted by atomic mass is 19.1. The van der Waals surface area contributed by atoms with Crippen LogP contribution in [0.1, 0.15) is 22.7 Å². The molecule has 0 aromatic heterocycles. The fraction of sp³-hybridized carbons (Fsp3) is 0.111. The maximum Gasteiger partial charge on any atom is 0.131 e. The molecule has 0 radical (unpaired) electrons. The van der Waals surface area contributed by atoms with Crippen LogP contribution in [0.3, 0.4) is 0 Å². The van der Waals surface area contributed by atoms with E-state index in [1.54, 1.807) is 24.3 Å². The van der Waals surface area contributed by atoms with Gasteiger partial charge in [0.2, 0.25) is 0 Å². The molecule has 3 rings (SSSR count). The molecule has 0 bridgehead atoms. The highest BCUT2D eigenvalue weighted by Crippen LogP contribution is 2.30. The van der Waals surface area contributed by atoms with Gasteiger partial charge >= 0.3 is 0 Å². The van der Waals surface area contributed by atoms with Crippen LogP contribution in [0.2, 0.25) is 0 Å². The molecule has 3 aromatic carbocycles. The van der Waals surface area contributed by atoms with Gasteiger partial charge in [-0.3, -0.25) is 0 Å². The molecule has 0 heterocycles. The monoisotopic (exact) mass is 283 g/mol. The lowest BCUT2D eigenvalue weighted by molar-refractivity contribution is 0.622. The predicted molar refractivity (Wildman–Crippen MR) is 81.1 cm³/mol. The summed E-state index contributed by atoms with van der Waals surface area (Å²) in [5.41, 5.74) is 8.73. The molecule has 0 amide bonds. The molecule has 1 nitrogen and oxygen atoms in total. The van der Waals surface area contributed by atoms with Gasteiger partial charge < -0.3 is 5.73 Å². The minimum absolute atomic E-state index is 0.280. The number of rotatable bonds is 2. The molecule has 0 aliphatic rings. The third-order valence-electron chi connectivity index (χ3n) is 3.82. The molecule has 3 heteroatoms. The predicted octanol–water partition coefficient (Wildman–Crippen LogP) is 4.47. The Morgan fingerprint density at radius 3 is 2.33 bits per heavy atom. The van der Waals surface area contributed by atoms with Crippen LogP contribution in [0, 0.1) is 18.6 Å². The fourth-order valence-corrected chi connectivity index (χ4v) is 2.67. The summed E-state index contributed by atoms with van der Waals surface area (Å²) in [6, 6.07) is 14.3. The first-order valence-electron chi connectivity index (χ1n) is 6.76. The van der Waals surface area contributed by atoms with Gasteiger partial charge in [0.25, 0.3) is 0 Å². The third-order valence-corrected chi connectivity index (χ3v) is 3.82. The highest BCUT2D eigenvalue weighted by molar-refractivity contribution is 5.87. The van der Waals surface area contributed by atoms with Gasteiger partial charge in [0.1, 0.15) is 11.6 Å². The molecule has 1 atom stereocenters. The van der Waals surface area contributed by atoms with E-state index in [4.69, 9.17) is 5.73 Å². The molecule has 0 saturated carbocycles. The Labute approximate surface area is 122 Å². The van der Waals surface area contributed by atoms with Crippen molar-refractivity contribution in [1.29, 1.82) is 0 Å². The van der Waals surface area contributed by atoms with Gasteiger partial charge in [-0.25, -0.2) is 8.78 Å². The van der Waals surface area contributed by atoms with Crippen molar-refractivity contribution in [2.24, 2.45) is 5.73 Å². The van der Waals surface area contributed by atoms with E-state index in [1.165, 1.54) is 18.2 Å². The molecular weight excluding hydrogens is 268 g/mol. The molecule has 3 aromatic rings. The Morgan fingerprint density at radius 2 is 1.57 bits per heavy atom. The topological polar surface area (TPSA) is 26.0 Å². The summed E-state index contributed by atoms with van der Waals surface area (Å²) in [6.45, 7) is 1.89. The quantitative estimate of drug-likeness (QED) is 0.737.